The lowest BCUT2D eigenvalue weighted by Crippen LogP contribution is -2.39. The Morgan fingerprint density at radius 2 is 1.18 bits per heavy atom. The van der Waals surface area contributed by atoms with Crippen molar-refractivity contribution in [1.29, 1.82) is 0 Å². The number of rotatable bonds is 7. The Morgan fingerprint density at radius 3 is 1.64 bits per heavy atom. The molecule has 0 fully saturated rings. The van der Waals surface area contributed by atoms with Crippen LogP contribution in [0.25, 0.3) is 0 Å². The molecule has 142 valence electrons. The van der Waals surface area contributed by atoms with E-state index in [2.05, 4.69) is 0 Å². The van der Waals surface area contributed by atoms with Gasteiger partial charge in [-0.25, -0.2) is 4.79 Å². The molecule has 0 spiro atoms. The van der Waals surface area contributed by atoms with Crippen LogP contribution in [0.3, 0.4) is 0 Å². The molecule has 0 saturated carbocycles. The zero-order valence-corrected chi connectivity index (χ0v) is 15.8. The van der Waals surface area contributed by atoms with Gasteiger partial charge in [0.25, 0.3) is 5.91 Å². The number of hydrogen-bond donors (Lipinski definition) is 0. The minimum Gasteiger partial charge on any atom is -0.449 e. The Hall–Kier alpha value is -3.40. The molecule has 1 atom stereocenters. The molecule has 0 aliphatic heterocycles. The van der Waals surface area contributed by atoms with E-state index in [1.165, 1.54) is 0 Å². The van der Waals surface area contributed by atoms with Crippen LogP contribution in [0.5, 0.6) is 0 Å². The van der Waals surface area contributed by atoms with Crippen LogP contribution in [0.4, 0.5) is 0 Å². The molecule has 4 heteroatoms. The number of esters is 1. The predicted octanol–water partition coefficient (Wildman–Crippen LogP) is 4.46. The molecule has 1 amide bonds. The van der Waals surface area contributed by atoms with Gasteiger partial charge in [-0.05, 0) is 30.2 Å². The molecule has 0 aliphatic rings. The third-order valence-corrected chi connectivity index (χ3v) is 4.39. The fourth-order valence-corrected chi connectivity index (χ4v) is 2.93. The first-order valence-electron chi connectivity index (χ1n) is 9.26. The fourth-order valence-electron chi connectivity index (χ4n) is 2.93. The van der Waals surface area contributed by atoms with Crippen molar-refractivity contribution >= 4 is 11.9 Å². The molecule has 4 nitrogen and oxygen atoms in total. The second kappa shape index (κ2) is 9.51. The molecule has 0 radical (unpaired) electrons. The summed E-state index contributed by atoms with van der Waals surface area (Å²) in [7, 11) is 0. The lowest BCUT2D eigenvalue weighted by molar-refractivity contribution is -0.141. The molecule has 3 aromatic carbocycles. The summed E-state index contributed by atoms with van der Waals surface area (Å²) in [5.41, 5.74) is 2.47. The summed E-state index contributed by atoms with van der Waals surface area (Å²) in [5.74, 6) is -0.724. The summed E-state index contributed by atoms with van der Waals surface area (Å²) in [6, 6.07) is 28.3. The van der Waals surface area contributed by atoms with Crippen LogP contribution >= 0.6 is 0 Å². The lowest BCUT2D eigenvalue weighted by atomic mass is 10.1. The fraction of sp³-hybridized carbons (Fsp3) is 0.167. The van der Waals surface area contributed by atoms with Gasteiger partial charge >= 0.3 is 5.97 Å². The van der Waals surface area contributed by atoms with Gasteiger partial charge in [-0.1, -0.05) is 78.9 Å². The zero-order chi connectivity index (χ0) is 19.8. The van der Waals surface area contributed by atoms with Gasteiger partial charge in [-0.2, -0.15) is 0 Å². The van der Waals surface area contributed by atoms with E-state index in [1.54, 1.807) is 36.1 Å². The average Bonchev–Trinajstić information content (AvgIpc) is 2.75. The number of nitrogens with zero attached hydrogens (tertiary/aromatic N) is 1. The van der Waals surface area contributed by atoms with Gasteiger partial charge in [0.15, 0.2) is 6.10 Å². The molecule has 3 rings (SSSR count). The maximum Gasteiger partial charge on any atom is 0.338 e. The molecule has 0 unspecified atom stereocenters. The molecular formula is C24H23NO3. The topological polar surface area (TPSA) is 46.6 Å². The highest BCUT2D eigenvalue weighted by atomic mass is 16.5. The van der Waals surface area contributed by atoms with Crippen molar-refractivity contribution in [3.8, 4) is 0 Å². The maximum atomic E-state index is 13.1. The first kappa shape index (κ1) is 19.4. The van der Waals surface area contributed by atoms with Crippen LogP contribution in [0.1, 0.15) is 28.4 Å². The highest BCUT2D eigenvalue weighted by Crippen LogP contribution is 2.14. The molecule has 0 bridgehead atoms. The van der Waals surface area contributed by atoms with E-state index in [4.69, 9.17) is 4.74 Å². The molecule has 28 heavy (non-hydrogen) atoms. The maximum absolute atomic E-state index is 13.1. The molecular weight excluding hydrogens is 350 g/mol. The van der Waals surface area contributed by atoms with Gasteiger partial charge < -0.3 is 9.64 Å². The van der Waals surface area contributed by atoms with Gasteiger partial charge in [0.1, 0.15) is 0 Å². The van der Waals surface area contributed by atoms with Crippen molar-refractivity contribution < 1.29 is 14.3 Å². The summed E-state index contributed by atoms with van der Waals surface area (Å²) in [4.78, 5) is 27.1. The molecule has 3 aromatic rings. The Bertz CT molecular complexity index is 853. The van der Waals surface area contributed by atoms with Crippen molar-refractivity contribution in [2.24, 2.45) is 0 Å². The summed E-state index contributed by atoms with van der Waals surface area (Å²) < 4.78 is 5.42. The standard InChI is InChI=1S/C24H23NO3/c1-19(28-24(27)22-15-9-4-10-16-22)23(26)25(17-20-11-5-2-6-12-20)18-21-13-7-3-8-14-21/h2-16,19H,17-18H2,1H3/t19-/m0/s1. The quantitative estimate of drug-likeness (QED) is 0.575. The minimum atomic E-state index is -0.875. The van der Waals surface area contributed by atoms with E-state index >= 15 is 0 Å². The highest BCUT2D eigenvalue weighted by molar-refractivity contribution is 5.92. The Balaban J connectivity index is 1.74. The number of benzene rings is 3. The van der Waals surface area contributed by atoms with E-state index < -0.39 is 12.1 Å². The van der Waals surface area contributed by atoms with E-state index in [-0.39, 0.29) is 5.91 Å². The van der Waals surface area contributed by atoms with E-state index in [0.29, 0.717) is 18.7 Å². The highest BCUT2D eigenvalue weighted by Gasteiger charge is 2.24. The van der Waals surface area contributed by atoms with Crippen LogP contribution in [0.2, 0.25) is 0 Å². The van der Waals surface area contributed by atoms with Crippen LogP contribution in [-0.4, -0.2) is 22.9 Å². The van der Waals surface area contributed by atoms with Crippen molar-refractivity contribution in [1.82, 2.24) is 4.90 Å². The first-order chi connectivity index (χ1) is 13.6. The van der Waals surface area contributed by atoms with Gasteiger partial charge in [-0.3, -0.25) is 4.79 Å². The first-order valence-corrected chi connectivity index (χ1v) is 9.26. The van der Waals surface area contributed by atoms with Gasteiger partial charge in [0, 0.05) is 13.1 Å². The van der Waals surface area contributed by atoms with Crippen molar-refractivity contribution in [2.75, 3.05) is 0 Å². The van der Waals surface area contributed by atoms with Gasteiger partial charge in [-0.15, -0.1) is 0 Å². The number of carbonyl (C=O) groups is 2. The molecule has 0 aliphatic carbocycles. The van der Waals surface area contributed by atoms with Crippen molar-refractivity contribution in [3.05, 3.63) is 108 Å². The zero-order valence-electron chi connectivity index (χ0n) is 15.8. The number of ether oxygens (including phenoxy) is 1. The molecule has 0 heterocycles. The van der Waals surface area contributed by atoms with Crippen LogP contribution in [0.15, 0.2) is 91.0 Å². The number of hydrogen-bond acceptors (Lipinski definition) is 3. The van der Waals surface area contributed by atoms with Crippen molar-refractivity contribution in [3.63, 3.8) is 0 Å². The summed E-state index contributed by atoms with van der Waals surface area (Å²) in [5, 5.41) is 0. The van der Waals surface area contributed by atoms with E-state index in [1.807, 2.05) is 66.7 Å². The summed E-state index contributed by atoms with van der Waals surface area (Å²) in [6.07, 6.45) is -0.875. The smallest absolute Gasteiger partial charge is 0.338 e. The van der Waals surface area contributed by atoms with Gasteiger partial charge in [0.05, 0.1) is 5.56 Å². The summed E-state index contributed by atoms with van der Waals surface area (Å²) in [6.45, 7) is 2.51. The minimum absolute atomic E-state index is 0.225. The molecule has 0 saturated heterocycles. The van der Waals surface area contributed by atoms with Crippen LogP contribution < -0.4 is 0 Å². The third-order valence-electron chi connectivity index (χ3n) is 4.39. The second-order valence-electron chi connectivity index (χ2n) is 6.58. The summed E-state index contributed by atoms with van der Waals surface area (Å²) >= 11 is 0. The third kappa shape index (κ3) is 5.30. The van der Waals surface area contributed by atoms with E-state index in [9.17, 15) is 9.59 Å². The monoisotopic (exact) mass is 373 g/mol. The average molecular weight is 373 g/mol. The lowest BCUT2D eigenvalue weighted by Gasteiger charge is -2.26. The van der Waals surface area contributed by atoms with Crippen molar-refractivity contribution in [2.45, 2.75) is 26.1 Å². The normalized spacial score (nSPS) is 11.5. The Labute approximate surface area is 165 Å². The SMILES string of the molecule is C[C@H](OC(=O)c1ccccc1)C(=O)N(Cc1ccccc1)Cc1ccccc1. The Kier molecular flexibility index (Phi) is 6.58. The molecule has 0 aromatic heterocycles. The van der Waals surface area contributed by atoms with E-state index in [0.717, 1.165) is 11.1 Å². The van der Waals surface area contributed by atoms with Gasteiger partial charge in [0.2, 0.25) is 0 Å². The van der Waals surface area contributed by atoms with Crippen LogP contribution in [0, 0.1) is 0 Å². The van der Waals surface area contributed by atoms with Crippen LogP contribution in [-0.2, 0) is 22.6 Å². The number of carbonyl (C=O) groups excluding carboxylic acids is 2. The second-order valence-corrected chi connectivity index (χ2v) is 6.58. The largest absolute Gasteiger partial charge is 0.449 e. The predicted molar refractivity (Wildman–Crippen MR) is 108 cm³/mol. The Morgan fingerprint density at radius 1 is 0.750 bits per heavy atom. The number of amides is 1. The molecule has 0 N–H and O–H groups in total.